The maximum Gasteiger partial charge on any atom is 0.136 e. The van der Waals surface area contributed by atoms with Crippen molar-refractivity contribution in [2.24, 2.45) is 5.92 Å². The molecule has 1 saturated carbocycles. The monoisotopic (exact) mass is 144 g/mol. The second kappa shape index (κ2) is 2.14. The topological polar surface area (TPSA) is 34.1 Å². The summed E-state index contributed by atoms with van der Waals surface area (Å²) in [5, 5.41) is 0. The van der Waals surface area contributed by atoms with Gasteiger partial charge in [-0.05, 0) is 12.7 Å². The van der Waals surface area contributed by atoms with Gasteiger partial charge in [0.05, 0.1) is 4.75 Å². The highest BCUT2D eigenvalue weighted by molar-refractivity contribution is 8.01. The Hall–Kier alpha value is -0.310. The van der Waals surface area contributed by atoms with E-state index in [2.05, 4.69) is 0 Å². The van der Waals surface area contributed by atoms with Crippen LogP contribution in [0.25, 0.3) is 0 Å². The van der Waals surface area contributed by atoms with Crippen LogP contribution < -0.4 is 0 Å². The molecule has 0 aromatic rings. The maximum absolute atomic E-state index is 10.3. The molecular formula is C6H8O2S. The van der Waals surface area contributed by atoms with Crippen molar-refractivity contribution >= 4 is 24.3 Å². The van der Waals surface area contributed by atoms with Crippen LogP contribution >= 0.6 is 11.8 Å². The molecule has 0 bridgehead atoms. The van der Waals surface area contributed by atoms with E-state index >= 15 is 0 Å². The lowest BCUT2D eigenvalue weighted by atomic mass is 10.4. The summed E-state index contributed by atoms with van der Waals surface area (Å²) in [4.78, 5) is 20.4. The van der Waals surface area contributed by atoms with Gasteiger partial charge in [0, 0.05) is 5.92 Å². The molecule has 2 nitrogen and oxygen atoms in total. The van der Waals surface area contributed by atoms with Gasteiger partial charge in [0.1, 0.15) is 12.6 Å². The van der Waals surface area contributed by atoms with E-state index in [4.69, 9.17) is 0 Å². The summed E-state index contributed by atoms with van der Waals surface area (Å²) in [5.41, 5.74) is 0. The Kier molecular flexibility index (Phi) is 1.62. The zero-order valence-corrected chi connectivity index (χ0v) is 5.98. The first-order chi connectivity index (χ1) is 4.29. The SMILES string of the molecule is CSC1(C=O)CC1C=O. The molecule has 0 saturated heterocycles. The smallest absolute Gasteiger partial charge is 0.136 e. The van der Waals surface area contributed by atoms with Gasteiger partial charge in [-0.1, -0.05) is 0 Å². The Morgan fingerprint density at radius 3 is 2.44 bits per heavy atom. The number of aldehydes is 2. The second-order valence-corrected chi connectivity index (χ2v) is 3.39. The van der Waals surface area contributed by atoms with E-state index in [1.807, 2.05) is 6.26 Å². The highest BCUT2D eigenvalue weighted by Gasteiger charge is 2.53. The molecule has 1 fully saturated rings. The molecule has 0 aromatic carbocycles. The van der Waals surface area contributed by atoms with E-state index in [9.17, 15) is 9.59 Å². The van der Waals surface area contributed by atoms with Crippen molar-refractivity contribution in [1.29, 1.82) is 0 Å². The molecule has 0 spiro atoms. The minimum absolute atomic E-state index is 0.00926. The van der Waals surface area contributed by atoms with Crippen LogP contribution in [0.15, 0.2) is 0 Å². The van der Waals surface area contributed by atoms with Gasteiger partial charge in [-0.15, -0.1) is 0 Å². The molecule has 1 rings (SSSR count). The van der Waals surface area contributed by atoms with Gasteiger partial charge in [0.25, 0.3) is 0 Å². The van der Waals surface area contributed by atoms with E-state index in [1.54, 1.807) is 0 Å². The molecule has 0 N–H and O–H groups in total. The summed E-state index contributed by atoms with van der Waals surface area (Å²) in [7, 11) is 0. The highest BCUT2D eigenvalue weighted by Crippen LogP contribution is 2.50. The molecule has 50 valence electrons. The third-order valence-corrected chi connectivity index (χ3v) is 3.08. The highest BCUT2D eigenvalue weighted by atomic mass is 32.2. The predicted molar refractivity (Wildman–Crippen MR) is 36.5 cm³/mol. The summed E-state index contributed by atoms with van der Waals surface area (Å²) in [6, 6.07) is 0. The molecule has 1 aliphatic rings. The zero-order valence-electron chi connectivity index (χ0n) is 5.16. The minimum Gasteiger partial charge on any atom is -0.303 e. The molecule has 0 heterocycles. The first-order valence-corrected chi connectivity index (χ1v) is 3.98. The van der Waals surface area contributed by atoms with Crippen LogP contribution in [0.1, 0.15) is 6.42 Å². The van der Waals surface area contributed by atoms with Crippen molar-refractivity contribution in [1.82, 2.24) is 0 Å². The van der Waals surface area contributed by atoms with Gasteiger partial charge in [0.15, 0.2) is 0 Å². The average molecular weight is 144 g/mol. The van der Waals surface area contributed by atoms with Crippen molar-refractivity contribution in [3.63, 3.8) is 0 Å². The fourth-order valence-corrected chi connectivity index (χ4v) is 1.67. The third kappa shape index (κ3) is 0.894. The van der Waals surface area contributed by atoms with Gasteiger partial charge < -0.3 is 9.59 Å². The Bertz CT molecular complexity index is 146. The first-order valence-electron chi connectivity index (χ1n) is 2.76. The summed E-state index contributed by atoms with van der Waals surface area (Å²) < 4.78 is -0.332. The number of rotatable bonds is 3. The quantitative estimate of drug-likeness (QED) is 0.541. The summed E-state index contributed by atoms with van der Waals surface area (Å²) in [5.74, 6) is -0.00926. The summed E-state index contributed by atoms with van der Waals surface area (Å²) in [6.45, 7) is 0. The lowest BCUT2D eigenvalue weighted by Gasteiger charge is -1.98. The maximum atomic E-state index is 10.3. The van der Waals surface area contributed by atoms with Gasteiger partial charge in [-0.25, -0.2) is 0 Å². The van der Waals surface area contributed by atoms with E-state index in [-0.39, 0.29) is 10.7 Å². The largest absolute Gasteiger partial charge is 0.303 e. The van der Waals surface area contributed by atoms with Crippen molar-refractivity contribution in [3.8, 4) is 0 Å². The van der Waals surface area contributed by atoms with Crippen LogP contribution in [0.4, 0.5) is 0 Å². The van der Waals surface area contributed by atoms with Crippen LogP contribution in [0.2, 0.25) is 0 Å². The minimum atomic E-state index is -0.332. The number of hydrogen-bond donors (Lipinski definition) is 0. The lowest BCUT2D eigenvalue weighted by Crippen LogP contribution is -2.07. The van der Waals surface area contributed by atoms with Crippen LogP contribution in [0.5, 0.6) is 0 Å². The van der Waals surface area contributed by atoms with Crippen LogP contribution in [-0.2, 0) is 9.59 Å². The fraction of sp³-hybridized carbons (Fsp3) is 0.667. The zero-order chi connectivity index (χ0) is 6.91. The molecular weight excluding hydrogens is 136 g/mol. The molecule has 3 heteroatoms. The Balaban J connectivity index is 2.56. The summed E-state index contributed by atoms with van der Waals surface area (Å²) >= 11 is 1.47. The summed E-state index contributed by atoms with van der Waals surface area (Å²) in [6.07, 6.45) is 4.35. The molecule has 9 heavy (non-hydrogen) atoms. The normalized spacial score (nSPS) is 39.9. The second-order valence-electron chi connectivity index (χ2n) is 2.22. The van der Waals surface area contributed by atoms with Gasteiger partial charge in [0.2, 0.25) is 0 Å². The van der Waals surface area contributed by atoms with Crippen molar-refractivity contribution < 1.29 is 9.59 Å². The van der Waals surface area contributed by atoms with Gasteiger partial charge in [-0.2, -0.15) is 11.8 Å². The number of carbonyl (C=O) groups excluding carboxylic acids is 2. The molecule has 0 amide bonds. The Morgan fingerprint density at radius 1 is 1.67 bits per heavy atom. The Labute approximate surface area is 58.0 Å². The molecule has 0 radical (unpaired) electrons. The number of carbonyl (C=O) groups is 2. The fourth-order valence-electron chi connectivity index (χ4n) is 0.866. The van der Waals surface area contributed by atoms with Crippen molar-refractivity contribution in [2.75, 3.05) is 6.26 Å². The first kappa shape index (κ1) is 6.81. The number of hydrogen-bond acceptors (Lipinski definition) is 3. The van der Waals surface area contributed by atoms with Crippen LogP contribution in [0, 0.1) is 5.92 Å². The van der Waals surface area contributed by atoms with Crippen LogP contribution in [-0.4, -0.2) is 23.6 Å². The van der Waals surface area contributed by atoms with E-state index in [0.717, 1.165) is 19.0 Å². The molecule has 0 aromatic heterocycles. The van der Waals surface area contributed by atoms with E-state index in [1.165, 1.54) is 11.8 Å². The van der Waals surface area contributed by atoms with Crippen molar-refractivity contribution in [2.45, 2.75) is 11.2 Å². The van der Waals surface area contributed by atoms with Crippen LogP contribution in [0.3, 0.4) is 0 Å². The Morgan fingerprint density at radius 2 is 2.33 bits per heavy atom. The number of thioether (sulfide) groups is 1. The molecule has 1 aliphatic carbocycles. The van der Waals surface area contributed by atoms with Gasteiger partial charge >= 0.3 is 0 Å². The van der Waals surface area contributed by atoms with E-state index < -0.39 is 0 Å². The van der Waals surface area contributed by atoms with E-state index in [0.29, 0.717) is 0 Å². The standard InChI is InChI=1S/C6H8O2S/c1-9-6(4-8)2-5(6)3-7/h3-5H,2H2,1H3. The molecule has 0 aliphatic heterocycles. The molecule has 2 unspecified atom stereocenters. The van der Waals surface area contributed by atoms with Gasteiger partial charge in [-0.3, -0.25) is 0 Å². The molecule has 2 atom stereocenters. The predicted octanol–water partition coefficient (Wildman–Crippen LogP) is 0.506. The third-order valence-electron chi connectivity index (χ3n) is 1.75. The van der Waals surface area contributed by atoms with Crippen molar-refractivity contribution in [3.05, 3.63) is 0 Å². The lowest BCUT2D eigenvalue weighted by molar-refractivity contribution is -0.112. The average Bonchev–Trinajstić information content (AvgIpc) is 2.63.